The van der Waals surface area contributed by atoms with E-state index in [9.17, 15) is 4.79 Å². The third kappa shape index (κ3) is 2.93. The van der Waals surface area contributed by atoms with Crippen LogP contribution in [0.25, 0.3) is 5.53 Å². The SMILES string of the molecule is Cc1cscc1CCC(=O)C=[N+]=[N-]. The molecular formula is C9H10N2OS. The highest BCUT2D eigenvalue weighted by molar-refractivity contribution is 7.08. The van der Waals surface area contributed by atoms with Crippen LogP contribution in [-0.4, -0.2) is 16.8 Å². The Kier molecular flexibility index (Phi) is 3.55. The van der Waals surface area contributed by atoms with E-state index in [0.717, 1.165) is 12.6 Å². The summed E-state index contributed by atoms with van der Waals surface area (Å²) in [5.74, 6) is -0.145. The minimum atomic E-state index is -0.145. The highest BCUT2D eigenvalue weighted by Gasteiger charge is 2.05. The molecule has 0 unspecified atom stereocenters. The van der Waals surface area contributed by atoms with Crippen molar-refractivity contribution in [1.29, 1.82) is 0 Å². The number of ketones is 1. The molecule has 0 amide bonds. The first-order valence-corrected chi connectivity index (χ1v) is 4.90. The van der Waals surface area contributed by atoms with Crippen LogP contribution in [0.3, 0.4) is 0 Å². The number of rotatable bonds is 4. The molecule has 1 heterocycles. The predicted molar refractivity (Wildman–Crippen MR) is 52.1 cm³/mol. The van der Waals surface area contributed by atoms with Crippen LogP contribution in [0.2, 0.25) is 0 Å². The Balaban J connectivity index is 2.48. The summed E-state index contributed by atoms with van der Waals surface area (Å²) in [5, 5.41) is 4.10. The Morgan fingerprint density at radius 1 is 1.69 bits per heavy atom. The van der Waals surface area contributed by atoms with Gasteiger partial charge in [0.05, 0.1) is 0 Å². The highest BCUT2D eigenvalue weighted by Crippen LogP contribution is 2.15. The molecule has 1 aromatic rings. The maximum Gasteiger partial charge on any atom is 0.323 e. The fraction of sp³-hybridized carbons (Fsp3) is 0.333. The molecule has 13 heavy (non-hydrogen) atoms. The molecule has 0 aliphatic rings. The van der Waals surface area contributed by atoms with Crippen molar-refractivity contribution in [3.8, 4) is 0 Å². The Morgan fingerprint density at radius 2 is 2.46 bits per heavy atom. The molecule has 0 radical (unpaired) electrons. The lowest BCUT2D eigenvalue weighted by Gasteiger charge is -1.94. The van der Waals surface area contributed by atoms with Crippen molar-refractivity contribution < 1.29 is 9.58 Å². The number of Topliss-reactive ketones (excluding diaryl/α,β-unsaturated/α-hetero) is 1. The van der Waals surface area contributed by atoms with Crippen LogP contribution in [0.5, 0.6) is 0 Å². The fourth-order valence-corrected chi connectivity index (χ4v) is 1.92. The number of carbonyl (C=O) groups excluding carboxylic acids is 1. The van der Waals surface area contributed by atoms with E-state index < -0.39 is 0 Å². The van der Waals surface area contributed by atoms with Gasteiger partial charge in [-0.1, -0.05) is 0 Å². The second-order valence-corrected chi connectivity index (χ2v) is 3.53. The van der Waals surface area contributed by atoms with Crippen LogP contribution < -0.4 is 0 Å². The number of thiophene rings is 1. The molecule has 1 rings (SSSR count). The first-order chi connectivity index (χ1) is 6.24. The molecule has 1 aromatic heterocycles. The van der Waals surface area contributed by atoms with Gasteiger partial charge in [-0.05, 0) is 35.2 Å². The molecule has 0 saturated carbocycles. The van der Waals surface area contributed by atoms with Crippen molar-refractivity contribution in [2.45, 2.75) is 19.8 Å². The Morgan fingerprint density at radius 3 is 3.00 bits per heavy atom. The Hall–Kier alpha value is -1.25. The third-order valence-corrected chi connectivity index (χ3v) is 2.71. The summed E-state index contributed by atoms with van der Waals surface area (Å²) in [6.45, 7) is 2.02. The molecule has 0 aromatic carbocycles. The summed E-state index contributed by atoms with van der Waals surface area (Å²) in [6, 6.07) is 0. The number of aryl methyl sites for hydroxylation is 2. The van der Waals surface area contributed by atoms with E-state index in [-0.39, 0.29) is 5.78 Å². The molecule has 0 aliphatic heterocycles. The van der Waals surface area contributed by atoms with E-state index >= 15 is 0 Å². The van der Waals surface area contributed by atoms with Crippen molar-refractivity contribution in [2.75, 3.05) is 0 Å². The first-order valence-electron chi connectivity index (χ1n) is 3.96. The van der Waals surface area contributed by atoms with Gasteiger partial charge in [0.15, 0.2) is 0 Å². The molecule has 0 aliphatic carbocycles. The van der Waals surface area contributed by atoms with Crippen LogP contribution in [0.15, 0.2) is 10.8 Å². The van der Waals surface area contributed by atoms with Crippen molar-refractivity contribution in [1.82, 2.24) is 0 Å². The van der Waals surface area contributed by atoms with E-state index in [2.05, 4.69) is 10.2 Å². The molecule has 0 N–H and O–H groups in total. The van der Waals surface area contributed by atoms with Gasteiger partial charge in [-0.25, -0.2) is 0 Å². The topological polar surface area (TPSA) is 53.5 Å². The zero-order valence-electron chi connectivity index (χ0n) is 7.36. The quantitative estimate of drug-likeness (QED) is 0.410. The summed E-state index contributed by atoms with van der Waals surface area (Å²) in [6.07, 6.45) is 2.07. The normalized spacial score (nSPS) is 9.31. The van der Waals surface area contributed by atoms with Gasteiger partial charge in [0, 0.05) is 6.42 Å². The summed E-state index contributed by atoms with van der Waals surface area (Å²) in [4.78, 5) is 13.6. The van der Waals surface area contributed by atoms with Gasteiger partial charge in [0.2, 0.25) is 5.78 Å². The van der Waals surface area contributed by atoms with Crippen LogP contribution in [-0.2, 0) is 11.2 Å². The largest absolute Gasteiger partial charge is 0.361 e. The van der Waals surface area contributed by atoms with Gasteiger partial charge in [-0.15, -0.1) is 0 Å². The molecule has 0 spiro atoms. The zero-order valence-corrected chi connectivity index (χ0v) is 8.17. The third-order valence-electron chi connectivity index (χ3n) is 1.80. The number of nitrogens with zero attached hydrogens (tertiary/aromatic N) is 2. The van der Waals surface area contributed by atoms with Crippen molar-refractivity contribution >= 4 is 23.3 Å². The van der Waals surface area contributed by atoms with E-state index in [1.54, 1.807) is 11.3 Å². The minimum Gasteiger partial charge on any atom is -0.361 e. The monoisotopic (exact) mass is 194 g/mol. The maximum absolute atomic E-state index is 10.9. The van der Waals surface area contributed by atoms with E-state index in [4.69, 9.17) is 5.53 Å². The van der Waals surface area contributed by atoms with Crippen LogP contribution >= 0.6 is 11.3 Å². The van der Waals surface area contributed by atoms with Crippen LogP contribution in [0.1, 0.15) is 17.5 Å². The lowest BCUT2D eigenvalue weighted by Crippen LogP contribution is -2.01. The average Bonchev–Trinajstić information content (AvgIpc) is 2.48. The van der Waals surface area contributed by atoms with Gasteiger partial charge in [0.25, 0.3) is 0 Å². The smallest absolute Gasteiger partial charge is 0.323 e. The molecule has 3 nitrogen and oxygen atoms in total. The second kappa shape index (κ2) is 4.70. The molecule has 4 heteroatoms. The Bertz CT molecular complexity index is 350. The summed E-state index contributed by atoms with van der Waals surface area (Å²) in [5.41, 5.74) is 10.5. The van der Waals surface area contributed by atoms with Crippen molar-refractivity contribution in [2.24, 2.45) is 0 Å². The molecule has 68 valence electrons. The molecule has 0 saturated heterocycles. The van der Waals surface area contributed by atoms with Gasteiger partial charge in [-0.3, -0.25) is 4.79 Å². The molecule has 0 atom stereocenters. The van der Waals surface area contributed by atoms with E-state index in [1.807, 2.05) is 12.3 Å². The fourth-order valence-electron chi connectivity index (χ4n) is 1.03. The van der Waals surface area contributed by atoms with E-state index in [1.165, 1.54) is 11.1 Å². The number of hydrogen-bond acceptors (Lipinski definition) is 2. The van der Waals surface area contributed by atoms with Crippen molar-refractivity contribution in [3.05, 3.63) is 27.4 Å². The molecule has 0 fully saturated rings. The zero-order chi connectivity index (χ0) is 9.68. The average molecular weight is 194 g/mol. The van der Waals surface area contributed by atoms with Gasteiger partial charge in [0.1, 0.15) is 0 Å². The number of hydrogen-bond donors (Lipinski definition) is 0. The second-order valence-electron chi connectivity index (χ2n) is 2.79. The highest BCUT2D eigenvalue weighted by atomic mass is 32.1. The maximum atomic E-state index is 10.9. The minimum absolute atomic E-state index is 0.145. The first kappa shape index (κ1) is 9.84. The standard InChI is InChI=1S/C9H10N2OS/c1-7-5-13-6-8(7)2-3-9(12)4-11-10/h4-6H,2-3H2,1H3. The number of carbonyl (C=O) groups is 1. The molecular weight excluding hydrogens is 184 g/mol. The van der Waals surface area contributed by atoms with Gasteiger partial charge in [-0.2, -0.15) is 16.1 Å². The van der Waals surface area contributed by atoms with Gasteiger partial charge < -0.3 is 5.53 Å². The Labute approximate surface area is 80.6 Å². The van der Waals surface area contributed by atoms with Gasteiger partial charge >= 0.3 is 6.21 Å². The van der Waals surface area contributed by atoms with Crippen molar-refractivity contribution in [3.63, 3.8) is 0 Å². The van der Waals surface area contributed by atoms with Crippen LogP contribution in [0.4, 0.5) is 0 Å². The summed E-state index contributed by atoms with van der Waals surface area (Å²) >= 11 is 1.64. The molecule has 0 bridgehead atoms. The lowest BCUT2D eigenvalue weighted by atomic mass is 10.1. The van der Waals surface area contributed by atoms with E-state index in [0.29, 0.717) is 6.42 Å². The predicted octanol–water partition coefficient (Wildman–Crippen LogP) is 1.86. The van der Waals surface area contributed by atoms with Crippen LogP contribution in [0, 0.1) is 6.92 Å². The lowest BCUT2D eigenvalue weighted by molar-refractivity contribution is -0.116. The summed E-state index contributed by atoms with van der Waals surface area (Å²) in [7, 11) is 0. The summed E-state index contributed by atoms with van der Waals surface area (Å²) < 4.78 is 0.